The van der Waals surface area contributed by atoms with Crippen LogP contribution in [0, 0.1) is 5.92 Å². The highest BCUT2D eigenvalue weighted by Crippen LogP contribution is 2.25. The standard InChI is InChI=1S/C11H21NO2S/c1-2-10(8-13)12-11(14)7-9-3-5-15-6-4-9/h9-10,13H,2-8H2,1H3,(H,12,14)/t10-/m0/s1. The average Bonchev–Trinajstić information content (AvgIpc) is 2.27. The van der Waals surface area contributed by atoms with Crippen LogP contribution in [0.25, 0.3) is 0 Å². The molecule has 1 aliphatic rings. The molecular weight excluding hydrogens is 210 g/mol. The summed E-state index contributed by atoms with van der Waals surface area (Å²) in [6.07, 6.45) is 3.75. The van der Waals surface area contributed by atoms with Crippen molar-refractivity contribution in [2.45, 2.75) is 38.6 Å². The second-order valence-corrected chi connectivity index (χ2v) is 5.34. The molecule has 4 heteroatoms. The first-order valence-electron chi connectivity index (χ1n) is 5.74. The van der Waals surface area contributed by atoms with Crippen molar-refractivity contribution in [1.82, 2.24) is 5.32 Å². The number of aliphatic hydroxyl groups excluding tert-OH is 1. The number of rotatable bonds is 5. The molecule has 0 spiro atoms. The highest BCUT2D eigenvalue weighted by atomic mass is 32.2. The number of thioether (sulfide) groups is 1. The first-order chi connectivity index (χ1) is 7.26. The van der Waals surface area contributed by atoms with Gasteiger partial charge in [-0.15, -0.1) is 0 Å². The highest BCUT2D eigenvalue weighted by molar-refractivity contribution is 7.99. The minimum atomic E-state index is -0.0598. The summed E-state index contributed by atoms with van der Waals surface area (Å²) in [7, 11) is 0. The molecule has 1 rings (SSSR count). The lowest BCUT2D eigenvalue weighted by Crippen LogP contribution is -2.38. The van der Waals surface area contributed by atoms with Crippen LogP contribution >= 0.6 is 11.8 Å². The average molecular weight is 231 g/mol. The zero-order chi connectivity index (χ0) is 11.1. The fourth-order valence-corrected chi connectivity index (χ4v) is 2.98. The Morgan fingerprint density at radius 3 is 2.73 bits per heavy atom. The van der Waals surface area contributed by atoms with Gasteiger partial charge in [0.25, 0.3) is 0 Å². The van der Waals surface area contributed by atoms with Crippen LogP contribution in [0.1, 0.15) is 32.6 Å². The molecule has 0 radical (unpaired) electrons. The van der Waals surface area contributed by atoms with Crippen LogP contribution in [0.4, 0.5) is 0 Å². The molecule has 0 aromatic heterocycles. The topological polar surface area (TPSA) is 49.3 Å². The van der Waals surface area contributed by atoms with E-state index in [0.717, 1.165) is 19.3 Å². The molecule has 3 nitrogen and oxygen atoms in total. The number of nitrogens with one attached hydrogen (secondary N) is 1. The van der Waals surface area contributed by atoms with Gasteiger partial charge in [0.2, 0.25) is 5.91 Å². The molecule has 0 aliphatic carbocycles. The molecule has 1 amide bonds. The summed E-state index contributed by atoms with van der Waals surface area (Å²) in [6.45, 7) is 2.02. The van der Waals surface area contributed by atoms with E-state index >= 15 is 0 Å². The van der Waals surface area contributed by atoms with E-state index in [4.69, 9.17) is 5.11 Å². The molecule has 0 aromatic rings. The minimum Gasteiger partial charge on any atom is -0.394 e. The normalized spacial score (nSPS) is 19.9. The molecule has 0 aromatic carbocycles. The van der Waals surface area contributed by atoms with E-state index in [0.29, 0.717) is 12.3 Å². The number of hydrogen-bond acceptors (Lipinski definition) is 3. The monoisotopic (exact) mass is 231 g/mol. The third-order valence-corrected chi connectivity index (χ3v) is 3.94. The van der Waals surface area contributed by atoms with Crippen LogP contribution in [-0.4, -0.2) is 35.2 Å². The summed E-state index contributed by atoms with van der Waals surface area (Å²) >= 11 is 1.98. The number of aliphatic hydroxyl groups is 1. The molecule has 1 heterocycles. The highest BCUT2D eigenvalue weighted by Gasteiger charge is 2.18. The summed E-state index contributed by atoms with van der Waals surface area (Å²) in [6, 6.07) is -0.0598. The Kier molecular flexibility index (Phi) is 6.10. The predicted octanol–water partition coefficient (Wildman–Crippen LogP) is 1.41. The molecular formula is C11H21NO2S. The van der Waals surface area contributed by atoms with Crippen molar-refractivity contribution in [3.63, 3.8) is 0 Å². The Morgan fingerprint density at radius 2 is 2.20 bits per heavy atom. The van der Waals surface area contributed by atoms with E-state index in [-0.39, 0.29) is 18.6 Å². The summed E-state index contributed by atoms with van der Waals surface area (Å²) < 4.78 is 0. The van der Waals surface area contributed by atoms with Gasteiger partial charge >= 0.3 is 0 Å². The van der Waals surface area contributed by atoms with E-state index in [1.165, 1.54) is 11.5 Å². The van der Waals surface area contributed by atoms with Crippen molar-refractivity contribution in [2.24, 2.45) is 5.92 Å². The molecule has 0 bridgehead atoms. The summed E-state index contributed by atoms with van der Waals surface area (Å²) in [4.78, 5) is 11.6. The minimum absolute atomic E-state index is 0.0444. The number of amides is 1. The maximum Gasteiger partial charge on any atom is 0.220 e. The lowest BCUT2D eigenvalue weighted by molar-refractivity contribution is -0.123. The van der Waals surface area contributed by atoms with Crippen LogP contribution in [0.15, 0.2) is 0 Å². The maximum atomic E-state index is 11.6. The molecule has 1 atom stereocenters. The van der Waals surface area contributed by atoms with Crippen molar-refractivity contribution in [1.29, 1.82) is 0 Å². The maximum absolute atomic E-state index is 11.6. The van der Waals surface area contributed by atoms with E-state index < -0.39 is 0 Å². The zero-order valence-corrected chi connectivity index (χ0v) is 10.2. The first kappa shape index (κ1) is 12.8. The van der Waals surface area contributed by atoms with E-state index in [1.54, 1.807) is 0 Å². The third kappa shape index (κ3) is 4.89. The van der Waals surface area contributed by atoms with Crippen LogP contribution in [-0.2, 0) is 4.79 Å². The van der Waals surface area contributed by atoms with Crippen molar-refractivity contribution < 1.29 is 9.90 Å². The molecule has 1 fully saturated rings. The van der Waals surface area contributed by atoms with Gasteiger partial charge in [0.1, 0.15) is 0 Å². The lowest BCUT2D eigenvalue weighted by atomic mass is 9.98. The summed E-state index contributed by atoms with van der Waals surface area (Å²) in [5.41, 5.74) is 0. The SMILES string of the molecule is CC[C@@H](CO)NC(=O)CC1CCSCC1. The molecule has 2 N–H and O–H groups in total. The molecule has 88 valence electrons. The number of carbonyl (C=O) groups excluding carboxylic acids is 1. The van der Waals surface area contributed by atoms with Gasteiger partial charge in [-0.1, -0.05) is 6.92 Å². The van der Waals surface area contributed by atoms with Gasteiger partial charge in [0.15, 0.2) is 0 Å². The smallest absolute Gasteiger partial charge is 0.220 e. The largest absolute Gasteiger partial charge is 0.394 e. The van der Waals surface area contributed by atoms with Crippen molar-refractivity contribution in [2.75, 3.05) is 18.1 Å². The van der Waals surface area contributed by atoms with Gasteiger partial charge in [-0.2, -0.15) is 11.8 Å². The van der Waals surface area contributed by atoms with Gasteiger partial charge in [0, 0.05) is 6.42 Å². The Labute approximate surface area is 96.0 Å². The lowest BCUT2D eigenvalue weighted by Gasteiger charge is -2.22. The number of carbonyl (C=O) groups is 1. The van der Waals surface area contributed by atoms with Crippen molar-refractivity contribution >= 4 is 17.7 Å². The molecule has 0 unspecified atom stereocenters. The summed E-state index contributed by atoms with van der Waals surface area (Å²) in [5, 5.41) is 11.8. The fourth-order valence-electron chi connectivity index (χ4n) is 1.78. The molecule has 1 saturated heterocycles. The second-order valence-electron chi connectivity index (χ2n) is 4.12. The summed E-state index contributed by atoms with van der Waals surface area (Å²) in [5.74, 6) is 3.04. The molecule has 0 saturated carbocycles. The Balaban J connectivity index is 2.21. The van der Waals surface area contributed by atoms with Crippen LogP contribution in [0.2, 0.25) is 0 Å². The van der Waals surface area contributed by atoms with E-state index in [9.17, 15) is 4.79 Å². The van der Waals surface area contributed by atoms with Gasteiger partial charge in [-0.05, 0) is 36.7 Å². The molecule has 1 aliphatic heterocycles. The van der Waals surface area contributed by atoms with Gasteiger partial charge in [-0.25, -0.2) is 0 Å². The second kappa shape index (κ2) is 7.12. The fraction of sp³-hybridized carbons (Fsp3) is 0.909. The molecule has 15 heavy (non-hydrogen) atoms. The van der Waals surface area contributed by atoms with Crippen LogP contribution in [0.3, 0.4) is 0 Å². The van der Waals surface area contributed by atoms with Crippen LogP contribution < -0.4 is 5.32 Å². The van der Waals surface area contributed by atoms with Crippen LogP contribution in [0.5, 0.6) is 0 Å². The van der Waals surface area contributed by atoms with Gasteiger partial charge < -0.3 is 10.4 Å². The Morgan fingerprint density at radius 1 is 1.53 bits per heavy atom. The van der Waals surface area contributed by atoms with Gasteiger partial charge in [0.05, 0.1) is 12.6 Å². The Bertz CT molecular complexity index is 189. The first-order valence-corrected chi connectivity index (χ1v) is 6.89. The Hall–Kier alpha value is -0.220. The predicted molar refractivity (Wildman–Crippen MR) is 64.0 cm³/mol. The van der Waals surface area contributed by atoms with E-state index in [1.807, 2.05) is 18.7 Å². The number of hydrogen-bond donors (Lipinski definition) is 2. The van der Waals surface area contributed by atoms with Gasteiger partial charge in [-0.3, -0.25) is 4.79 Å². The van der Waals surface area contributed by atoms with Crippen molar-refractivity contribution in [3.8, 4) is 0 Å². The third-order valence-electron chi connectivity index (χ3n) is 2.89. The quantitative estimate of drug-likeness (QED) is 0.752. The van der Waals surface area contributed by atoms with E-state index in [2.05, 4.69) is 5.32 Å². The zero-order valence-electron chi connectivity index (χ0n) is 9.37. The van der Waals surface area contributed by atoms with Crippen molar-refractivity contribution in [3.05, 3.63) is 0 Å².